The fourth-order valence-corrected chi connectivity index (χ4v) is 3.13. The van der Waals surface area contributed by atoms with Gasteiger partial charge < -0.3 is 5.43 Å². The van der Waals surface area contributed by atoms with E-state index in [1.165, 1.54) is 0 Å². The first-order chi connectivity index (χ1) is 9.46. The molecule has 0 radical (unpaired) electrons. The van der Waals surface area contributed by atoms with Gasteiger partial charge in [-0.15, -0.1) is 0 Å². The number of pyridine rings is 1. The van der Waals surface area contributed by atoms with Crippen molar-refractivity contribution in [3.63, 3.8) is 0 Å². The molecule has 1 unspecified atom stereocenters. The van der Waals surface area contributed by atoms with Crippen LogP contribution in [0.15, 0.2) is 35.2 Å². The maximum atomic E-state index is 12.2. The quantitative estimate of drug-likeness (QED) is 0.575. The molecule has 0 bridgehead atoms. The van der Waals surface area contributed by atoms with Gasteiger partial charge in [0.1, 0.15) is 5.82 Å². The lowest BCUT2D eigenvalue weighted by Gasteiger charge is -2.12. The number of hydrogen-bond donors (Lipinski definition) is 3. The molecule has 6 nitrogen and oxygen atoms in total. The second-order valence-electron chi connectivity index (χ2n) is 4.63. The lowest BCUT2D eigenvalue weighted by molar-refractivity contribution is 0.556. The van der Waals surface area contributed by atoms with Gasteiger partial charge in [-0.25, -0.2) is 24.0 Å². The van der Waals surface area contributed by atoms with E-state index >= 15 is 0 Å². The Balaban J connectivity index is 2.41. The Labute approximate surface area is 118 Å². The number of nitrogens with two attached hydrogens (primary N) is 1. The molecule has 2 rings (SSSR count). The minimum atomic E-state index is -3.50. The molecule has 0 fully saturated rings. The first-order valence-electron chi connectivity index (χ1n) is 6.36. The van der Waals surface area contributed by atoms with Gasteiger partial charge in [0, 0.05) is 11.4 Å². The summed E-state index contributed by atoms with van der Waals surface area (Å²) in [5.41, 5.74) is 3.14. The number of aromatic nitrogens is 1. The Kier molecular flexibility index (Phi) is 4.22. The summed E-state index contributed by atoms with van der Waals surface area (Å²) in [5, 5.41) is 0.746. The highest BCUT2D eigenvalue weighted by molar-refractivity contribution is 7.89. The lowest BCUT2D eigenvalue weighted by atomic mass is 10.2. The minimum absolute atomic E-state index is 0.0994. The molecular weight excluding hydrogens is 276 g/mol. The summed E-state index contributed by atoms with van der Waals surface area (Å²) < 4.78 is 27.0. The lowest BCUT2D eigenvalue weighted by Crippen LogP contribution is -2.31. The molecule has 0 saturated heterocycles. The molecule has 0 aliphatic rings. The monoisotopic (exact) mass is 294 g/mol. The van der Waals surface area contributed by atoms with Crippen molar-refractivity contribution in [2.24, 2.45) is 5.84 Å². The van der Waals surface area contributed by atoms with E-state index < -0.39 is 10.0 Å². The van der Waals surface area contributed by atoms with Gasteiger partial charge in [-0.1, -0.05) is 6.92 Å². The van der Waals surface area contributed by atoms with Gasteiger partial charge in [-0.2, -0.15) is 0 Å². The predicted molar refractivity (Wildman–Crippen MR) is 79.6 cm³/mol. The van der Waals surface area contributed by atoms with Crippen LogP contribution in [0.25, 0.3) is 10.9 Å². The molecule has 1 aromatic heterocycles. The molecule has 20 heavy (non-hydrogen) atoms. The number of benzene rings is 1. The van der Waals surface area contributed by atoms with Crippen LogP contribution in [0.2, 0.25) is 0 Å². The summed E-state index contributed by atoms with van der Waals surface area (Å²) >= 11 is 0. The van der Waals surface area contributed by atoms with Gasteiger partial charge in [0.2, 0.25) is 10.0 Å². The van der Waals surface area contributed by atoms with E-state index in [2.05, 4.69) is 15.1 Å². The van der Waals surface area contributed by atoms with Gasteiger partial charge in [0.05, 0.1) is 10.4 Å². The standard InChI is InChI=1S/C13H18N4O2S/c1-3-9(2)17-20(18,19)11-5-6-12-10(8-11)4-7-13(15-12)16-14/h4-9,17H,3,14H2,1-2H3,(H,15,16). The number of fused-ring (bicyclic) bond motifs is 1. The van der Waals surface area contributed by atoms with Crippen LogP contribution in [0.5, 0.6) is 0 Å². The van der Waals surface area contributed by atoms with E-state index in [0.29, 0.717) is 11.3 Å². The fourth-order valence-electron chi connectivity index (χ4n) is 1.77. The van der Waals surface area contributed by atoms with E-state index in [1.807, 2.05) is 13.8 Å². The molecule has 4 N–H and O–H groups in total. The molecule has 1 heterocycles. The summed E-state index contributed by atoms with van der Waals surface area (Å²) in [5.74, 6) is 5.82. The molecule has 108 valence electrons. The van der Waals surface area contributed by atoms with Crippen molar-refractivity contribution in [1.29, 1.82) is 0 Å². The number of sulfonamides is 1. The van der Waals surface area contributed by atoms with Crippen molar-refractivity contribution in [2.75, 3.05) is 5.43 Å². The number of rotatable bonds is 5. The summed E-state index contributed by atoms with van der Waals surface area (Å²) in [6.45, 7) is 3.76. The fraction of sp³-hybridized carbons (Fsp3) is 0.308. The van der Waals surface area contributed by atoms with Gasteiger partial charge in [-0.3, -0.25) is 0 Å². The second kappa shape index (κ2) is 5.74. The Morgan fingerprint density at radius 3 is 2.70 bits per heavy atom. The molecule has 1 atom stereocenters. The second-order valence-corrected chi connectivity index (χ2v) is 6.34. The van der Waals surface area contributed by atoms with Crippen LogP contribution < -0.4 is 16.0 Å². The first kappa shape index (κ1) is 14.7. The van der Waals surface area contributed by atoms with Gasteiger partial charge >= 0.3 is 0 Å². The summed E-state index contributed by atoms with van der Waals surface area (Å²) in [7, 11) is -3.50. The molecule has 0 saturated carbocycles. The zero-order valence-electron chi connectivity index (χ0n) is 11.4. The summed E-state index contributed by atoms with van der Waals surface area (Å²) in [4.78, 5) is 4.48. The molecule has 1 aromatic carbocycles. The van der Waals surface area contributed by atoms with Crippen LogP contribution >= 0.6 is 0 Å². The van der Waals surface area contributed by atoms with Gasteiger partial charge in [0.15, 0.2) is 0 Å². The van der Waals surface area contributed by atoms with Crippen molar-refractivity contribution in [3.8, 4) is 0 Å². The van der Waals surface area contributed by atoms with Crippen LogP contribution in [0, 0.1) is 0 Å². The Hall–Kier alpha value is -1.70. The van der Waals surface area contributed by atoms with Crippen LogP contribution in [-0.4, -0.2) is 19.4 Å². The molecular formula is C13H18N4O2S. The van der Waals surface area contributed by atoms with Gasteiger partial charge in [0.25, 0.3) is 0 Å². The number of hydrazine groups is 1. The van der Waals surface area contributed by atoms with E-state index in [0.717, 1.165) is 11.8 Å². The van der Waals surface area contributed by atoms with E-state index in [4.69, 9.17) is 5.84 Å². The molecule has 0 amide bonds. The molecule has 7 heteroatoms. The maximum absolute atomic E-state index is 12.2. The normalized spacial score (nSPS) is 13.3. The smallest absolute Gasteiger partial charge is 0.240 e. The highest BCUT2D eigenvalue weighted by atomic mass is 32.2. The van der Waals surface area contributed by atoms with E-state index in [9.17, 15) is 8.42 Å². The zero-order valence-corrected chi connectivity index (χ0v) is 12.2. The van der Waals surface area contributed by atoms with Crippen LogP contribution in [0.1, 0.15) is 20.3 Å². The molecule has 0 aliphatic heterocycles. The largest absolute Gasteiger partial charge is 0.308 e. The number of anilines is 1. The molecule has 0 spiro atoms. The van der Waals surface area contributed by atoms with Crippen molar-refractivity contribution in [1.82, 2.24) is 9.71 Å². The van der Waals surface area contributed by atoms with Crippen LogP contribution in [0.4, 0.5) is 5.82 Å². The number of nitrogen functional groups attached to an aromatic ring is 1. The molecule has 0 aliphatic carbocycles. The van der Waals surface area contributed by atoms with E-state index in [1.54, 1.807) is 30.3 Å². The van der Waals surface area contributed by atoms with Crippen molar-refractivity contribution in [2.45, 2.75) is 31.2 Å². The maximum Gasteiger partial charge on any atom is 0.240 e. The highest BCUT2D eigenvalue weighted by Gasteiger charge is 2.16. The SMILES string of the molecule is CCC(C)NS(=O)(=O)c1ccc2nc(NN)ccc2c1. The van der Waals surface area contributed by atoms with Crippen molar-refractivity contribution >= 4 is 26.7 Å². The van der Waals surface area contributed by atoms with Crippen molar-refractivity contribution in [3.05, 3.63) is 30.3 Å². The Bertz CT molecular complexity index is 715. The Morgan fingerprint density at radius 1 is 1.30 bits per heavy atom. The third-order valence-corrected chi connectivity index (χ3v) is 4.67. The average molecular weight is 294 g/mol. The summed E-state index contributed by atoms with van der Waals surface area (Å²) in [6.07, 6.45) is 0.736. The first-order valence-corrected chi connectivity index (χ1v) is 7.84. The van der Waals surface area contributed by atoms with Gasteiger partial charge in [-0.05, 0) is 43.7 Å². The number of nitrogens with zero attached hydrogens (tertiary/aromatic N) is 1. The average Bonchev–Trinajstić information content (AvgIpc) is 2.45. The zero-order chi connectivity index (χ0) is 14.8. The highest BCUT2D eigenvalue weighted by Crippen LogP contribution is 2.19. The summed E-state index contributed by atoms with van der Waals surface area (Å²) in [6, 6.07) is 8.19. The topological polar surface area (TPSA) is 97.1 Å². The third-order valence-electron chi connectivity index (χ3n) is 3.09. The number of nitrogens with one attached hydrogen (secondary N) is 2. The predicted octanol–water partition coefficient (Wildman–Crippen LogP) is 1.60. The minimum Gasteiger partial charge on any atom is -0.308 e. The third kappa shape index (κ3) is 3.06. The number of hydrogen-bond acceptors (Lipinski definition) is 5. The van der Waals surface area contributed by atoms with E-state index in [-0.39, 0.29) is 10.9 Å². The van der Waals surface area contributed by atoms with Crippen LogP contribution in [0.3, 0.4) is 0 Å². The Morgan fingerprint density at radius 2 is 2.05 bits per heavy atom. The van der Waals surface area contributed by atoms with Crippen LogP contribution in [-0.2, 0) is 10.0 Å². The van der Waals surface area contributed by atoms with Crippen molar-refractivity contribution < 1.29 is 8.42 Å². The molecule has 2 aromatic rings.